The molecule has 24 heavy (non-hydrogen) atoms. The first kappa shape index (κ1) is 19.2. The molecule has 3 saturated carbocycles. The summed E-state index contributed by atoms with van der Waals surface area (Å²) in [6.07, 6.45) is 26.9. The van der Waals surface area contributed by atoms with Gasteiger partial charge < -0.3 is 4.12 Å². The molecule has 3 aliphatic rings. The van der Waals surface area contributed by atoms with Crippen LogP contribution in [-0.4, -0.2) is 18.8 Å². The third-order valence-electron chi connectivity index (χ3n) is 7.73. The van der Waals surface area contributed by atoms with Crippen LogP contribution in [0.4, 0.5) is 0 Å². The third-order valence-corrected chi connectivity index (χ3v) is 15.3. The van der Waals surface area contributed by atoms with Crippen LogP contribution in [-0.2, 0) is 4.12 Å². The monoisotopic (exact) mass is 365 g/mol. The van der Waals surface area contributed by atoms with Gasteiger partial charge in [0, 0.05) is 0 Å². The maximum atomic E-state index is 6.89. The van der Waals surface area contributed by atoms with E-state index in [-0.39, 0.29) is 0 Å². The van der Waals surface area contributed by atoms with E-state index in [2.05, 4.69) is 0 Å². The Morgan fingerprint density at radius 3 is 0.917 bits per heavy atom. The van der Waals surface area contributed by atoms with Gasteiger partial charge in [-0.25, -0.2) is 0 Å². The first-order valence-corrected chi connectivity index (χ1v) is 14.0. The molecule has 0 spiro atoms. The van der Waals surface area contributed by atoms with Crippen LogP contribution in [0.5, 0.6) is 0 Å². The van der Waals surface area contributed by atoms with Gasteiger partial charge in [0.05, 0.1) is 0 Å². The van der Waals surface area contributed by atoms with E-state index < -0.39 is 8.32 Å². The van der Waals surface area contributed by atoms with Crippen molar-refractivity contribution in [2.45, 2.75) is 132 Å². The van der Waals surface area contributed by atoms with Crippen LogP contribution in [0, 0.1) is 0 Å². The van der Waals surface area contributed by atoms with Crippen molar-refractivity contribution >= 4 is 18.8 Å². The molecule has 3 rings (SSSR count). The Bertz CT molecular complexity index is 285. The zero-order valence-electron chi connectivity index (χ0n) is 16.1. The normalized spacial score (nSPS) is 27.4. The van der Waals surface area contributed by atoms with Crippen LogP contribution in [0.15, 0.2) is 0 Å². The molecule has 0 saturated heterocycles. The smallest absolute Gasteiger partial charge is 0.188 e. The van der Waals surface area contributed by atoms with Crippen LogP contribution in [0.3, 0.4) is 0 Å². The molecule has 0 amide bonds. The highest BCUT2D eigenvalue weighted by molar-refractivity contribution is 6.80. The summed E-state index contributed by atoms with van der Waals surface area (Å²) in [6, 6.07) is 0. The fourth-order valence-corrected chi connectivity index (χ4v) is 15.3. The van der Waals surface area contributed by atoms with E-state index in [4.69, 9.17) is 4.12 Å². The van der Waals surface area contributed by atoms with Gasteiger partial charge in [0.15, 0.2) is 18.8 Å². The zero-order valence-corrected chi connectivity index (χ0v) is 18.5. The molecular weight excluding hydrogens is 324 g/mol. The Labute approximate surface area is 155 Å². The van der Waals surface area contributed by atoms with E-state index in [0.29, 0.717) is 0 Å². The average molecular weight is 366 g/mol. The predicted molar refractivity (Wildman–Crippen MR) is 110 cm³/mol. The molecule has 0 aliphatic heterocycles. The van der Waals surface area contributed by atoms with E-state index in [1.165, 1.54) is 116 Å². The molecule has 0 N–H and O–H groups in total. The standard InChI is InChI=1S/C21H41OSi2/c23-22-24(19-13-7-1-2-8-14-19,20-15-9-3-4-10-16-20)21-17-11-5-6-12-18-21/h19-21H,1-18,23H2. The van der Waals surface area contributed by atoms with E-state index in [1.54, 1.807) is 0 Å². The molecule has 0 unspecified atom stereocenters. The first-order valence-electron chi connectivity index (χ1n) is 11.3. The molecule has 3 fully saturated rings. The van der Waals surface area contributed by atoms with Gasteiger partial charge >= 0.3 is 0 Å². The average Bonchev–Trinajstić information content (AvgIpc) is 3.13. The third kappa shape index (κ3) is 4.38. The van der Waals surface area contributed by atoms with Gasteiger partial charge in [-0.05, 0) is 16.6 Å². The Kier molecular flexibility index (Phi) is 7.92. The highest BCUT2D eigenvalue weighted by Gasteiger charge is 2.52. The van der Waals surface area contributed by atoms with Crippen molar-refractivity contribution in [2.75, 3.05) is 0 Å². The molecule has 0 atom stereocenters. The fourth-order valence-electron chi connectivity index (χ4n) is 6.55. The lowest BCUT2D eigenvalue weighted by Crippen LogP contribution is -2.52. The summed E-state index contributed by atoms with van der Waals surface area (Å²) in [5.74, 6) is 0. The summed E-state index contributed by atoms with van der Waals surface area (Å²) in [7, 11) is 0.277. The second-order valence-electron chi connectivity index (χ2n) is 9.06. The van der Waals surface area contributed by atoms with E-state index in [0.717, 1.165) is 16.6 Å². The van der Waals surface area contributed by atoms with Crippen molar-refractivity contribution in [3.63, 3.8) is 0 Å². The van der Waals surface area contributed by atoms with Crippen molar-refractivity contribution in [2.24, 2.45) is 0 Å². The van der Waals surface area contributed by atoms with Gasteiger partial charge in [-0.1, -0.05) is 116 Å². The van der Waals surface area contributed by atoms with Crippen LogP contribution >= 0.6 is 0 Å². The molecule has 0 bridgehead atoms. The number of hydrogen-bond acceptors (Lipinski definition) is 1. The molecule has 1 radical (unpaired) electrons. The summed E-state index contributed by atoms with van der Waals surface area (Å²) in [4.78, 5) is 0. The van der Waals surface area contributed by atoms with E-state index in [9.17, 15) is 0 Å². The largest absolute Gasteiger partial charge is 0.460 e. The van der Waals surface area contributed by atoms with Gasteiger partial charge in [-0.2, -0.15) is 0 Å². The lowest BCUT2D eigenvalue weighted by Gasteiger charge is -2.49. The molecule has 0 aromatic rings. The lowest BCUT2D eigenvalue weighted by molar-refractivity contribution is 0.428. The topological polar surface area (TPSA) is 9.23 Å². The van der Waals surface area contributed by atoms with Gasteiger partial charge in [0.2, 0.25) is 0 Å². The maximum absolute atomic E-state index is 6.89. The van der Waals surface area contributed by atoms with Crippen LogP contribution in [0.1, 0.15) is 116 Å². The first-order chi connectivity index (χ1) is 11.9. The second kappa shape index (κ2) is 9.92. The fraction of sp³-hybridized carbons (Fsp3) is 1.00. The van der Waals surface area contributed by atoms with E-state index in [1.807, 2.05) is 10.5 Å². The Morgan fingerprint density at radius 2 is 0.708 bits per heavy atom. The molecule has 0 heterocycles. The van der Waals surface area contributed by atoms with E-state index >= 15 is 0 Å². The molecule has 1 nitrogen and oxygen atoms in total. The maximum Gasteiger partial charge on any atom is 0.188 e. The molecule has 3 heteroatoms. The number of rotatable bonds is 4. The van der Waals surface area contributed by atoms with Crippen LogP contribution in [0.25, 0.3) is 0 Å². The lowest BCUT2D eigenvalue weighted by atomic mass is 10.2. The van der Waals surface area contributed by atoms with Gasteiger partial charge in [-0.3, -0.25) is 0 Å². The van der Waals surface area contributed by atoms with Crippen molar-refractivity contribution < 1.29 is 4.12 Å². The zero-order chi connectivity index (χ0) is 16.7. The minimum atomic E-state index is -1.65. The second-order valence-corrected chi connectivity index (χ2v) is 14.4. The summed E-state index contributed by atoms with van der Waals surface area (Å²) in [5, 5.41) is 0. The number of hydrogen-bond donors (Lipinski definition) is 0. The molecule has 0 aromatic heterocycles. The van der Waals surface area contributed by atoms with Crippen molar-refractivity contribution in [3.05, 3.63) is 0 Å². The summed E-state index contributed by atoms with van der Waals surface area (Å²) >= 11 is 0. The van der Waals surface area contributed by atoms with Gasteiger partial charge in [0.1, 0.15) is 0 Å². The molecule has 0 aromatic carbocycles. The Hall–Kier alpha value is 0.394. The highest BCUT2D eigenvalue weighted by Crippen LogP contribution is 2.55. The summed E-state index contributed by atoms with van der Waals surface area (Å²) < 4.78 is 6.89. The molecular formula is C21H41OSi2. The highest BCUT2D eigenvalue weighted by atomic mass is 28.4. The molecule has 139 valence electrons. The van der Waals surface area contributed by atoms with Gasteiger partial charge in [-0.15, -0.1) is 0 Å². The minimum Gasteiger partial charge on any atom is -0.460 e. The minimum absolute atomic E-state index is 0.990. The quantitative estimate of drug-likeness (QED) is 0.399. The van der Waals surface area contributed by atoms with Crippen molar-refractivity contribution in [3.8, 4) is 0 Å². The Morgan fingerprint density at radius 1 is 0.458 bits per heavy atom. The van der Waals surface area contributed by atoms with Crippen molar-refractivity contribution in [1.29, 1.82) is 0 Å². The SMILES string of the molecule is [SiH2]O[Si](C1CCCCCC1)(C1CCCCCC1)C1CCCCCC1. The molecule has 3 aliphatic carbocycles. The van der Waals surface area contributed by atoms with Crippen molar-refractivity contribution in [1.82, 2.24) is 0 Å². The van der Waals surface area contributed by atoms with Crippen LogP contribution < -0.4 is 0 Å². The van der Waals surface area contributed by atoms with Crippen LogP contribution in [0.2, 0.25) is 16.6 Å². The summed E-state index contributed by atoms with van der Waals surface area (Å²) in [5.41, 5.74) is 2.97. The Balaban J connectivity index is 1.89. The predicted octanol–water partition coefficient (Wildman–Crippen LogP) is 6.67. The summed E-state index contributed by atoms with van der Waals surface area (Å²) in [6.45, 7) is 0. The van der Waals surface area contributed by atoms with Gasteiger partial charge in [0.25, 0.3) is 0 Å².